The fourth-order valence-corrected chi connectivity index (χ4v) is 4.79. The lowest BCUT2D eigenvalue weighted by Gasteiger charge is -2.40. The summed E-state index contributed by atoms with van der Waals surface area (Å²) in [6, 6.07) is 6.80. The average molecular weight is 431 g/mol. The summed E-state index contributed by atoms with van der Waals surface area (Å²) in [4.78, 5) is 17.1. The van der Waals surface area contributed by atoms with Gasteiger partial charge in [-0.15, -0.1) is 0 Å². The van der Waals surface area contributed by atoms with E-state index in [2.05, 4.69) is 10.00 Å². The number of ether oxygens (including phenoxy) is 1. The molecule has 3 heterocycles. The Morgan fingerprint density at radius 3 is 2.87 bits per heavy atom. The van der Waals surface area contributed by atoms with Crippen molar-refractivity contribution in [1.29, 1.82) is 0 Å². The lowest BCUT2D eigenvalue weighted by molar-refractivity contribution is -0.136. The van der Waals surface area contributed by atoms with Gasteiger partial charge < -0.3 is 19.6 Å². The number of aliphatic hydroxyl groups is 1. The van der Waals surface area contributed by atoms with E-state index in [9.17, 15) is 9.18 Å². The van der Waals surface area contributed by atoms with Crippen molar-refractivity contribution < 1.29 is 19.0 Å². The second-order valence-corrected chi connectivity index (χ2v) is 8.65. The molecule has 1 aromatic heterocycles. The molecule has 0 bridgehead atoms. The molecule has 1 aromatic carbocycles. The van der Waals surface area contributed by atoms with Crippen LogP contribution in [-0.4, -0.2) is 70.4 Å². The fraction of sp³-hybridized carbons (Fsp3) is 0.565. The van der Waals surface area contributed by atoms with Crippen molar-refractivity contribution in [1.82, 2.24) is 19.6 Å². The van der Waals surface area contributed by atoms with Crippen LogP contribution in [0.5, 0.6) is 0 Å². The minimum absolute atomic E-state index is 0.0637. The SMILES string of the molecule is CN(CCCO)C(=O)C(CN1CCC2(CC1)OCc1ccc(F)cc12)Cn1cccn1. The minimum atomic E-state index is -0.409. The van der Waals surface area contributed by atoms with Gasteiger partial charge in [0.25, 0.3) is 0 Å². The van der Waals surface area contributed by atoms with Crippen molar-refractivity contribution in [3.8, 4) is 0 Å². The zero-order chi connectivity index (χ0) is 21.8. The summed E-state index contributed by atoms with van der Waals surface area (Å²) in [6.45, 7) is 3.86. The highest BCUT2D eigenvalue weighted by molar-refractivity contribution is 5.78. The van der Waals surface area contributed by atoms with Gasteiger partial charge in [0.15, 0.2) is 0 Å². The molecular weight excluding hydrogens is 399 g/mol. The Bertz CT molecular complexity index is 881. The molecular formula is C23H31FN4O3. The molecule has 31 heavy (non-hydrogen) atoms. The number of likely N-dealkylation sites (tertiary alicyclic amines) is 1. The highest BCUT2D eigenvalue weighted by atomic mass is 19.1. The predicted molar refractivity (Wildman–Crippen MR) is 114 cm³/mol. The molecule has 0 radical (unpaired) electrons. The van der Waals surface area contributed by atoms with Crippen LogP contribution in [0.1, 0.15) is 30.4 Å². The fourth-order valence-electron chi connectivity index (χ4n) is 4.79. The van der Waals surface area contributed by atoms with Gasteiger partial charge in [-0.25, -0.2) is 4.39 Å². The summed E-state index contributed by atoms with van der Waals surface area (Å²) in [7, 11) is 1.79. The van der Waals surface area contributed by atoms with Crippen LogP contribution in [0, 0.1) is 11.7 Å². The molecule has 1 atom stereocenters. The van der Waals surface area contributed by atoms with Gasteiger partial charge in [0.1, 0.15) is 5.82 Å². The second kappa shape index (κ2) is 9.46. The van der Waals surface area contributed by atoms with E-state index >= 15 is 0 Å². The van der Waals surface area contributed by atoms with Crippen LogP contribution in [0.25, 0.3) is 0 Å². The molecule has 2 aromatic rings. The normalized spacial score (nSPS) is 18.8. The number of piperidine rings is 1. The van der Waals surface area contributed by atoms with Crippen molar-refractivity contribution in [3.05, 3.63) is 53.6 Å². The monoisotopic (exact) mass is 430 g/mol. The Hall–Kier alpha value is -2.29. The molecule has 0 saturated carbocycles. The van der Waals surface area contributed by atoms with Crippen LogP contribution < -0.4 is 0 Å². The first-order chi connectivity index (χ1) is 15.0. The Morgan fingerprint density at radius 2 is 2.16 bits per heavy atom. The third-order valence-corrected chi connectivity index (χ3v) is 6.55. The van der Waals surface area contributed by atoms with Gasteiger partial charge in [-0.3, -0.25) is 9.48 Å². The Labute approximate surface area is 182 Å². The number of hydrogen-bond acceptors (Lipinski definition) is 5. The topological polar surface area (TPSA) is 70.8 Å². The molecule has 7 nitrogen and oxygen atoms in total. The highest BCUT2D eigenvalue weighted by Crippen LogP contribution is 2.44. The van der Waals surface area contributed by atoms with Gasteiger partial charge >= 0.3 is 0 Å². The molecule has 0 aliphatic carbocycles. The number of hydrogen-bond donors (Lipinski definition) is 1. The second-order valence-electron chi connectivity index (χ2n) is 8.65. The number of benzene rings is 1. The van der Waals surface area contributed by atoms with Gasteiger partial charge in [-0.2, -0.15) is 5.10 Å². The van der Waals surface area contributed by atoms with E-state index in [1.807, 2.05) is 18.3 Å². The predicted octanol–water partition coefficient (Wildman–Crippen LogP) is 2.00. The molecule has 1 spiro atoms. The number of aliphatic hydroxyl groups excluding tert-OH is 1. The summed E-state index contributed by atoms with van der Waals surface area (Å²) in [5, 5.41) is 13.4. The Morgan fingerprint density at radius 1 is 1.35 bits per heavy atom. The van der Waals surface area contributed by atoms with Crippen molar-refractivity contribution in [3.63, 3.8) is 0 Å². The van der Waals surface area contributed by atoms with Crippen molar-refractivity contribution in [2.75, 3.05) is 39.8 Å². The Balaban J connectivity index is 1.42. The largest absolute Gasteiger partial charge is 0.396 e. The van der Waals surface area contributed by atoms with Gasteiger partial charge in [0, 0.05) is 52.2 Å². The number of aromatic nitrogens is 2. The highest BCUT2D eigenvalue weighted by Gasteiger charge is 2.43. The van der Waals surface area contributed by atoms with Gasteiger partial charge in [-0.1, -0.05) is 6.07 Å². The number of amides is 1. The first kappa shape index (κ1) is 21.9. The lowest BCUT2D eigenvalue weighted by atomic mass is 9.83. The first-order valence-corrected chi connectivity index (χ1v) is 11.0. The van der Waals surface area contributed by atoms with E-state index in [4.69, 9.17) is 9.84 Å². The maximum absolute atomic E-state index is 13.8. The number of nitrogens with zero attached hydrogens (tertiary/aromatic N) is 4. The number of halogens is 1. The number of fused-ring (bicyclic) bond motifs is 2. The maximum Gasteiger partial charge on any atom is 0.228 e. The van der Waals surface area contributed by atoms with Gasteiger partial charge in [0.05, 0.1) is 24.7 Å². The number of rotatable bonds is 8. The summed E-state index contributed by atoms with van der Waals surface area (Å²) in [5.41, 5.74) is 1.65. The summed E-state index contributed by atoms with van der Waals surface area (Å²) in [6.07, 6.45) is 5.72. The number of carbonyl (C=O) groups is 1. The molecule has 4 rings (SSSR count). The van der Waals surface area contributed by atoms with E-state index in [1.165, 1.54) is 6.07 Å². The van der Waals surface area contributed by atoms with Crippen molar-refractivity contribution >= 4 is 5.91 Å². The lowest BCUT2D eigenvalue weighted by Crippen LogP contribution is -2.47. The van der Waals surface area contributed by atoms with E-state index < -0.39 is 5.60 Å². The quantitative estimate of drug-likeness (QED) is 0.694. The third kappa shape index (κ3) is 4.81. The molecule has 2 aliphatic heterocycles. The van der Waals surface area contributed by atoms with E-state index in [0.717, 1.165) is 37.1 Å². The summed E-state index contributed by atoms with van der Waals surface area (Å²) < 4.78 is 21.8. The van der Waals surface area contributed by atoms with Crippen molar-refractivity contribution in [2.24, 2.45) is 5.92 Å². The van der Waals surface area contributed by atoms with Gasteiger partial charge in [0.2, 0.25) is 5.91 Å². The average Bonchev–Trinajstić information content (AvgIpc) is 3.41. The summed E-state index contributed by atoms with van der Waals surface area (Å²) >= 11 is 0. The number of carbonyl (C=O) groups excluding carboxylic acids is 1. The van der Waals surface area contributed by atoms with E-state index in [-0.39, 0.29) is 24.2 Å². The zero-order valence-corrected chi connectivity index (χ0v) is 18.0. The van der Waals surface area contributed by atoms with Crippen LogP contribution in [0.3, 0.4) is 0 Å². The molecule has 1 fully saturated rings. The molecule has 1 saturated heterocycles. The van der Waals surface area contributed by atoms with Crippen LogP contribution in [0.2, 0.25) is 0 Å². The van der Waals surface area contributed by atoms with Crippen LogP contribution in [-0.2, 0) is 28.3 Å². The van der Waals surface area contributed by atoms with E-state index in [0.29, 0.717) is 32.7 Å². The van der Waals surface area contributed by atoms with Crippen molar-refractivity contribution in [2.45, 2.75) is 38.0 Å². The molecule has 1 unspecified atom stereocenters. The maximum atomic E-state index is 13.8. The molecule has 168 valence electrons. The van der Waals surface area contributed by atoms with Crippen LogP contribution in [0.4, 0.5) is 4.39 Å². The standard InChI is InChI=1S/C23H31FN4O3/c1-26(9-3-13-29)22(30)19(16-28-10-2-8-25-28)15-27-11-6-23(7-12-27)21-14-20(24)5-4-18(21)17-31-23/h2,4-5,8,10,14,19,29H,3,6-7,9,11-13,15-17H2,1H3. The zero-order valence-electron chi connectivity index (χ0n) is 18.0. The summed E-state index contributed by atoms with van der Waals surface area (Å²) in [5.74, 6) is -0.387. The van der Waals surface area contributed by atoms with Crippen LogP contribution in [0.15, 0.2) is 36.7 Å². The first-order valence-electron chi connectivity index (χ1n) is 11.0. The van der Waals surface area contributed by atoms with Gasteiger partial charge in [-0.05, 0) is 48.6 Å². The minimum Gasteiger partial charge on any atom is -0.396 e. The molecule has 2 aliphatic rings. The van der Waals surface area contributed by atoms with Crippen LogP contribution >= 0.6 is 0 Å². The molecule has 8 heteroatoms. The Kier molecular flexibility index (Phi) is 6.69. The smallest absolute Gasteiger partial charge is 0.228 e. The third-order valence-electron chi connectivity index (χ3n) is 6.55. The molecule has 1 amide bonds. The molecule has 1 N–H and O–H groups in total. The van der Waals surface area contributed by atoms with E-state index in [1.54, 1.807) is 28.9 Å².